The lowest BCUT2D eigenvalue weighted by molar-refractivity contribution is 0.414. The Hall–Kier alpha value is -2.49. The number of fused-ring (bicyclic) bond motifs is 1. The van der Waals surface area contributed by atoms with E-state index in [4.69, 9.17) is 10.5 Å². The first-order valence-corrected chi connectivity index (χ1v) is 6.08. The van der Waals surface area contributed by atoms with E-state index in [1.807, 2.05) is 48.0 Å². The summed E-state index contributed by atoms with van der Waals surface area (Å²) in [4.78, 5) is 0. The summed E-state index contributed by atoms with van der Waals surface area (Å²) in [7, 11) is 1.67. The fraction of sp³-hybridized carbons (Fsp3) is 0.133. The van der Waals surface area contributed by atoms with E-state index in [2.05, 4.69) is 5.10 Å². The molecule has 0 fully saturated rings. The van der Waals surface area contributed by atoms with Crippen LogP contribution in [0.3, 0.4) is 0 Å². The second-order valence-electron chi connectivity index (χ2n) is 4.49. The summed E-state index contributed by atoms with van der Waals surface area (Å²) in [5.74, 6) is 0.845. The second kappa shape index (κ2) is 4.31. The van der Waals surface area contributed by atoms with Gasteiger partial charge < -0.3 is 10.5 Å². The van der Waals surface area contributed by atoms with Crippen LogP contribution < -0.4 is 10.5 Å². The monoisotopic (exact) mass is 253 g/mol. The molecule has 0 spiro atoms. The molecule has 0 aliphatic heterocycles. The van der Waals surface area contributed by atoms with Crippen LogP contribution in [-0.2, 0) is 0 Å². The van der Waals surface area contributed by atoms with Crippen molar-refractivity contribution in [2.75, 3.05) is 12.8 Å². The molecule has 0 radical (unpaired) electrons. The van der Waals surface area contributed by atoms with Crippen molar-refractivity contribution in [1.82, 2.24) is 9.78 Å². The minimum Gasteiger partial charge on any atom is -0.497 e. The van der Waals surface area contributed by atoms with E-state index in [-0.39, 0.29) is 0 Å². The van der Waals surface area contributed by atoms with Crippen LogP contribution in [0.25, 0.3) is 16.6 Å². The van der Waals surface area contributed by atoms with E-state index in [0.29, 0.717) is 0 Å². The maximum atomic E-state index is 5.96. The van der Waals surface area contributed by atoms with Crippen molar-refractivity contribution < 1.29 is 4.74 Å². The lowest BCUT2D eigenvalue weighted by atomic mass is 10.1. The molecule has 4 nitrogen and oxygen atoms in total. The first-order chi connectivity index (χ1) is 9.20. The van der Waals surface area contributed by atoms with E-state index in [1.54, 1.807) is 13.3 Å². The van der Waals surface area contributed by atoms with Crippen LogP contribution in [0, 0.1) is 6.92 Å². The van der Waals surface area contributed by atoms with Gasteiger partial charge in [-0.15, -0.1) is 0 Å². The number of nitrogens with two attached hydrogens (primary N) is 1. The number of benzene rings is 2. The normalized spacial score (nSPS) is 10.8. The highest BCUT2D eigenvalue weighted by Gasteiger charge is 2.09. The average molecular weight is 253 g/mol. The average Bonchev–Trinajstić information content (AvgIpc) is 2.84. The topological polar surface area (TPSA) is 53.1 Å². The molecule has 3 rings (SSSR count). The van der Waals surface area contributed by atoms with Gasteiger partial charge in [-0.25, -0.2) is 4.68 Å². The zero-order valence-electron chi connectivity index (χ0n) is 10.9. The SMILES string of the molecule is COc1ccc(-n2ncc3c(N)cccc32)c(C)c1. The number of anilines is 1. The van der Waals surface area contributed by atoms with Gasteiger partial charge in [0.15, 0.2) is 0 Å². The Labute approximate surface area is 111 Å². The number of ether oxygens (including phenoxy) is 1. The Kier molecular flexibility index (Phi) is 2.63. The number of nitrogen functional groups attached to an aromatic ring is 1. The van der Waals surface area contributed by atoms with E-state index in [1.165, 1.54) is 0 Å². The third-order valence-corrected chi connectivity index (χ3v) is 3.28. The van der Waals surface area contributed by atoms with Gasteiger partial charge >= 0.3 is 0 Å². The highest BCUT2D eigenvalue weighted by molar-refractivity contribution is 5.91. The number of hydrogen-bond acceptors (Lipinski definition) is 3. The van der Waals surface area contributed by atoms with E-state index in [9.17, 15) is 0 Å². The summed E-state index contributed by atoms with van der Waals surface area (Å²) >= 11 is 0. The van der Waals surface area contributed by atoms with Crippen molar-refractivity contribution >= 4 is 16.6 Å². The predicted molar refractivity (Wildman–Crippen MR) is 76.8 cm³/mol. The first-order valence-electron chi connectivity index (χ1n) is 6.08. The fourth-order valence-corrected chi connectivity index (χ4v) is 2.26. The van der Waals surface area contributed by atoms with E-state index < -0.39 is 0 Å². The molecule has 3 aromatic rings. The smallest absolute Gasteiger partial charge is 0.119 e. The molecule has 0 aliphatic rings. The Balaban J connectivity index is 2.22. The van der Waals surface area contributed by atoms with Gasteiger partial charge in [0.1, 0.15) is 5.75 Å². The van der Waals surface area contributed by atoms with Crippen molar-refractivity contribution in [3.63, 3.8) is 0 Å². The number of aryl methyl sites for hydroxylation is 1. The predicted octanol–water partition coefficient (Wildman–Crippen LogP) is 2.92. The molecule has 0 unspecified atom stereocenters. The minimum absolute atomic E-state index is 0.745. The van der Waals surface area contributed by atoms with Crippen LogP contribution >= 0.6 is 0 Å². The molecule has 0 saturated heterocycles. The van der Waals surface area contributed by atoms with Crippen molar-refractivity contribution in [2.45, 2.75) is 6.92 Å². The third-order valence-electron chi connectivity index (χ3n) is 3.28. The summed E-state index contributed by atoms with van der Waals surface area (Å²) in [6, 6.07) is 11.8. The Morgan fingerprint density at radius 3 is 2.79 bits per heavy atom. The first kappa shape index (κ1) is 11.6. The Morgan fingerprint density at radius 2 is 2.05 bits per heavy atom. The van der Waals surface area contributed by atoms with Crippen molar-refractivity contribution in [3.8, 4) is 11.4 Å². The maximum Gasteiger partial charge on any atom is 0.119 e. The summed E-state index contributed by atoms with van der Waals surface area (Å²) in [5.41, 5.74) is 9.84. The van der Waals surface area contributed by atoms with E-state index in [0.717, 1.165) is 33.6 Å². The quantitative estimate of drug-likeness (QED) is 0.714. The van der Waals surface area contributed by atoms with Crippen molar-refractivity contribution in [3.05, 3.63) is 48.2 Å². The van der Waals surface area contributed by atoms with Crippen molar-refractivity contribution in [2.24, 2.45) is 0 Å². The van der Waals surface area contributed by atoms with Crippen LogP contribution in [-0.4, -0.2) is 16.9 Å². The zero-order valence-corrected chi connectivity index (χ0v) is 10.9. The number of methoxy groups -OCH3 is 1. The summed E-state index contributed by atoms with van der Waals surface area (Å²) < 4.78 is 7.13. The molecular formula is C15H15N3O. The highest BCUT2D eigenvalue weighted by Crippen LogP contribution is 2.26. The highest BCUT2D eigenvalue weighted by atomic mass is 16.5. The number of rotatable bonds is 2. The maximum absolute atomic E-state index is 5.96. The van der Waals surface area contributed by atoms with Gasteiger partial charge in [0, 0.05) is 11.1 Å². The third kappa shape index (κ3) is 1.81. The van der Waals surface area contributed by atoms with Crippen LogP contribution in [0.5, 0.6) is 5.75 Å². The Morgan fingerprint density at radius 1 is 1.21 bits per heavy atom. The molecule has 1 aromatic heterocycles. The molecule has 0 saturated carbocycles. The van der Waals surface area contributed by atoms with Gasteiger partial charge in [-0.3, -0.25) is 0 Å². The molecule has 0 atom stereocenters. The van der Waals surface area contributed by atoms with Gasteiger partial charge in [-0.2, -0.15) is 5.10 Å². The van der Waals surface area contributed by atoms with E-state index >= 15 is 0 Å². The van der Waals surface area contributed by atoms with Gasteiger partial charge in [0.2, 0.25) is 0 Å². The molecule has 0 bridgehead atoms. The van der Waals surface area contributed by atoms with Gasteiger partial charge in [0.25, 0.3) is 0 Å². The molecular weight excluding hydrogens is 238 g/mol. The fourth-order valence-electron chi connectivity index (χ4n) is 2.26. The molecule has 2 N–H and O–H groups in total. The Bertz CT molecular complexity index is 746. The number of hydrogen-bond donors (Lipinski definition) is 1. The van der Waals surface area contributed by atoms with Crippen molar-refractivity contribution in [1.29, 1.82) is 0 Å². The largest absolute Gasteiger partial charge is 0.497 e. The molecule has 2 aromatic carbocycles. The molecule has 0 amide bonds. The second-order valence-corrected chi connectivity index (χ2v) is 4.49. The zero-order chi connectivity index (χ0) is 13.4. The number of nitrogens with zero attached hydrogens (tertiary/aromatic N) is 2. The molecule has 96 valence electrons. The summed E-state index contributed by atoms with van der Waals surface area (Å²) in [5, 5.41) is 5.41. The minimum atomic E-state index is 0.745. The lowest BCUT2D eigenvalue weighted by Crippen LogP contribution is -1.99. The van der Waals surface area contributed by atoms with Crippen LogP contribution in [0.15, 0.2) is 42.6 Å². The van der Waals surface area contributed by atoms with Gasteiger partial charge in [-0.1, -0.05) is 6.07 Å². The summed E-state index contributed by atoms with van der Waals surface area (Å²) in [6.45, 7) is 2.04. The van der Waals surface area contributed by atoms with Crippen LogP contribution in [0.2, 0.25) is 0 Å². The van der Waals surface area contributed by atoms with Gasteiger partial charge in [-0.05, 0) is 42.8 Å². The standard InChI is InChI=1S/C15H15N3O/c1-10-8-11(19-2)6-7-14(10)18-15-5-3-4-13(16)12(15)9-17-18/h3-9H,16H2,1-2H3. The van der Waals surface area contributed by atoms with Crippen LogP contribution in [0.4, 0.5) is 5.69 Å². The molecule has 19 heavy (non-hydrogen) atoms. The lowest BCUT2D eigenvalue weighted by Gasteiger charge is -2.09. The number of aromatic nitrogens is 2. The molecule has 4 heteroatoms. The van der Waals surface area contributed by atoms with Gasteiger partial charge in [0.05, 0.1) is 24.5 Å². The molecule has 0 aliphatic carbocycles. The molecule has 1 heterocycles. The van der Waals surface area contributed by atoms with Crippen LogP contribution in [0.1, 0.15) is 5.56 Å². The summed E-state index contributed by atoms with van der Waals surface area (Å²) in [6.07, 6.45) is 1.80.